The Morgan fingerprint density at radius 1 is 0.895 bits per heavy atom. The fourth-order valence-corrected chi connectivity index (χ4v) is 5.23. The lowest BCUT2D eigenvalue weighted by Crippen LogP contribution is -2.37. The summed E-state index contributed by atoms with van der Waals surface area (Å²) < 4.78 is 118. The Bertz CT molecular complexity index is 1580. The molecular formula is C22H17ClF5N3O5S2. The normalized spacial score (nSPS) is 12.2. The van der Waals surface area contributed by atoms with Gasteiger partial charge in [-0.15, -0.1) is 0 Å². The summed E-state index contributed by atoms with van der Waals surface area (Å²) >= 11 is 5.53. The molecule has 16 heteroatoms. The zero-order valence-electron chi connectivity index (χ0n) is 19.1. The van der Waals surface area contributed by atoms with Crippen molar-refractivity contribution < 1.29 is 43.6 Å². The molecule has 0 aliphatic rings. The van der Waals surface area contributed by atoms with Crippen LogP contribution in [0.15, 0.2) is 65.6 Å². The van der Waals surface area contributed by atoms with Gasteiger partial charge in [-0.25, -0.2) is 25.6 Å². The number of halogens is 6. The van der Waals surface area contributed by atoms with E-state index in [1.54, 1.807) is 0 Å². The van der Waals surface area contributed by atoms with Crippen molar-refractivity contribution in [2.45, 2.75) is 11.1 Å². The first-order valence-electron chi connectivity index (χ1n) is 10.2. The van der Waals surface area contributed by atoms with E-state index in [-0.39, 0.29) is 16.3 Å². The minimum absolute atomic E-state index is 0.0403. The van der Waals surface area contributed by atoms with Crippen LogP contribution >= 0.6 is 11.6 Å². The molecule has 0 fully saturated rings. The van der Waals surface area contributed by atoms with E-state index >= 15 is 0 Å². The van der Waals surface area contributed by atoms with E-state index in [2.05, 4.69) is 5.32 Å². The highest BCUT2D eigenvalue weighted by atomic mass is 35.5. The minimum atomic E-state index is -4.81. The summed E-state index contributed by atoms with van der Waals surface area (Å²) in [7, 11) is -8.43. The van der Waals surface area contributed by atoms with Gasteiger partial charge in [0.2, 0.25) is 15.9 Å². The predicted molar refractivity (Wildman–Crippen MR) is 131 cm³/mol. The van der Waals surface area contributed by atoms with Gasteiger partial charge in [0.05, 0.1) is 27.4 Å². The van der Waals surface area contributed by atoms with Gasteiger partial charge >= 0.3 is 6.18 Å². The summed E-state index contributed by atoms with van der Waals surface area (Å²) in [5.41, 5.74) is -1.88. The van der Waals surface area contributed by atoms with Crippen molar-refractivity contribution in [3.63, 3.8) is 0 Å². The third kappa shape index (κ3) is 7.11. The molecule has 0 spiro atoms. The predicted octanol–water partition coefficient (Wildman–Crippen LogP) is 4.84. The summed E-state index contributed by atoms with van der Waals surface area (Å²) in [5, 5.41) is 1.72. The van der Waals surface area contributed by atoms with Crippen LogP contribution in [0, 0.1) is 11.6 Å². The SMILES string of the molecule is CS(=O)(=O)N(CC(=O)Nc1ccc(S(=O)(=O)Nc2ccc(Cl)c(C(F)(F)F)c2)cc1)c1ccc(F)c(F)c1. The summed E-state index contributed by atoms with van der Waals surface area (Å²) in [6, 6.07) is 9.13. The lowest BCUT2D eigenvalue weighted by molar-refractivity contribution is -0.137. The van der Waals surface area contributed by atoms with E-state index in [0.717, 1.165) is 48.7 Å². The summed E-state index contributed by atoms with van der Waals surface area (Å²) in [5.74, 6) is -3.43. The second-order valence-corrected chi connectivity index (χ2v) is 11.7. The van der Waals surface area contributed by atoms with Gasteiger partial charge in [0.25, 0.3) is 10.0 Å². The van der Waals surface area contributed by atoms with Crippen LogP contribution in [0.2, 0.25) is 5.02 Å². The second-order valence-electron chi connectivity index (χ2n) is 7.74. The first kappa shape index (κ1) is 29.1. The lowest BCUT2D eigenvalue weighted by atomic mass is 10.2. The van der Waals surface area contributed by atoms with Crippen molar-refractivity contribution in [2.75, 3.05) is 27.1 Å². The Morgan fingerprint density at radius 2 is 1.50 bits per heavy atom. The Balaban J connectivity index is 1.74. The Hall–Kier alpha value is -3.43. The molecule has 3 aromatic rings. The Labute approximate surface area is 219 Å². The zero-order chi connectivity index (χ0) is 28.5. The maximum Gasteiger partial charge on any atom is 0.417 e. The molecule has 0 heterocycles. The van der Waals surface area contributed by atoms with E-state index in [1.807, 2.05) is 4.72 Å². The highest BCUT2D eigenvalue weighted by Crippen LogP contribution is 2.36. The maximum atomic E-state index is 13.6. The average Bonchev–Trinajstić information content (AvgIpc) is 2.79. The third-order valence-electron chi connectivity index (χ3n) is 4.85. The van der Waals surface area contributed by atoms with E-state index in [1.165, 1.54) is 0 Å². The lowest BCUT2D eigenvalue weighted by Gasteiger charge is -2.22. The fraction of sp³-hybridized carbons (Fsp3) is 0.136. The number of benzene rings is 3. The van der Waals surface area contributed by atoms with Gasteiger partial charge in [0.1, 0.15) is 6.54 Å². The Morgan fingerprint density at radius 3 is 2.05 bits per heavy atom. The monoisotopic (exact) mass is 597 g/mol. The van der Waals surface area contributed by atoms with Gasteiger partial charge in [-0.2, -0.15) is 13.2 Å². The van der Waals surface area contributed by atoms with Gasteiger partial charge in [0.15, 0.2) is 11.6 Å². The molecule has 0 aliphatic carbocycles. The van der Waals surface area contributed by atoms with Crippen molar-refractivity contribution in [1.29, 1.82) is 0 Å². The number of hydrogen-bond acceptors (Lipinski definition) is 5. The molecule has 0 saturated carbocycles. The van der Waals surface area contributed by atoms with Crippen LogP contribution in [0.5, 0.6) is 0 Å². The topological polar surface area (TPSA) is 113 Å². The van der Waals surface area contributed by atoms with Gasteiger partial charge in [-0.05, 0) is 54.6 Å². The first-order valence-corrected chi connectivity index (χ1v) is 13.9. The number of rotatable bonds is 8. The molecule has 3 aromatic carbocycles. The molecule has 1 amide bonds. The average molecular weight is 598 g/mol. The molecule has 0 bridgehead atoms. The molecule has 0 saturated heterocycles. The highest BCUT2D eigenvalue weighted by Gasteiger charge is 2.33. The molecule has 2 N–H and O–H groups in total. The number of nitrogens with zero attached hydrogens (tertiary/aromatic N) is 1. The molecule has 0 unspecified atom stereocenters. The molecule has 204 valence electrons. The van der Waals surface area contributed by atoms with E-state index < -0.39 is 66.6 Å². The number of carbonyl (C=O) groups excluding carboxylic acids is 1. The van der Waals surface area contributed by atoms with Crippen LogP contribution in [-0.4, -0.2) is 35.5 Å². The largest absolute Gasteiger partial charge is 0.417 e. The third-order valence-corrected chi connectivity index (χ3v) is 7.72. The zero-order valence-corrected chi connectivity index (χ0v) is 21.4. The van der Waals surface area contributed by atoms with Gasteiger partial charge < -0.3 is 5.32 Å². The van der Waals surface area contributed by atoms with Gasteiger partial charge in [-0.1, -0.05) is 11.6 Å². The van der Waals surface area contributed by atoms with Gasteiger partial charge in [0, 0.05) is 17.4 Å². The molecule has 0 atom stereocenters. The molecule has 0 radical (unpaired) electrons. The van der Waals surface area contributed by atoms with E-state index in [4.69, 9.17) is 11.6 Å². The van der Waals surface area contributed by atoms with Crippen LogP contribution in [0.3, 0.4) is 0 Å². The fourth-order valence-electron chi connectivity index (χ4n) is 3.11. The molecule has 0 aromatic heterocycles. The molecule has 38 heavy (non-hydrogen) atoms. The minimum Gasteiger partial charge on any atom is -0.325 e. The van der Waals surface area contributed by atoms with Crippen LogP contribution < -0.4 is 14.3 Å². The van der Waals surface area contributed by atoms with Crippen LogP contribution in [0.4, 0.5) is 39.0 Å². The number of amides is 1. The van der Waals surface area contributed by atoms with Crippen molar-refractivity contribution in [3.8, 4) is 0 Å². The van der Waals surface area contributed by atoms with Crippen molar-refractivity contribution >= 4 is 54.6 Å². The van der Waals surface area contributed by atoms with Crippen molar-refractivity contribution in [3.05, 3.63) is 82.9 Å². The molecule has 8 nitrogen and oxygen atoms in total. The summed E-state index contributed by atoms with van der Waals surface area (Å²) in [4.78, 5) is 12.1. The number of hydrogen-bond donors (Lipinski definition) is 2. The quantitative estimate of drug-likeness (QED) is 0.361. The highest BCUT2D eigenvalue weighted by molar-refractivity contribution is 7.92. The summed E-state index contributed by atoms with van der Waals surface area (Å²) in [6.07, 6.45) is -4.05. The standard InChI is InChI=1S/C22H17ClF5N3O5S2/c1-37(33,34)31(15-5-9-19(24)20(25)11-15)12-21(32)29-13-2-6-16(7-3-13)38(35,36)30-14-4-8-18(23)17(10-14)22(26,27)28/h2-11,30H,12H2,1H3,(H,29,32). The molecule has 3 rings (SSSR count). The van der Waals surface area contributed by atoms with Crippen LogP contribution in [-0.2, 0) is 31.0 Å². The van der Waals surface area contributed by atoms with Crippen LogP contribution in [0.1, 0.15) is 5.56 Å². The first-order chi connectivity index (χ1) is 17.5. The van der Waals surface area contributed by atoms with E-state index in [9.17, 15) is 43.6 Å². The smallest absolute Gasteiger partial charge is 0.325 e. The number of alkyl halides is 3. The number of sulfonamides is 2. The van der Waals surface area contributed by atoms with Gasteiger partial charge in [-0.3, -0.25) is 13.8 Å². The maximum absolute atomic E-state index is 13.6. The number of carbonyl (C=O) groups is 1. The molecular weight excluding hydrogens is 581 g/mol. The van der Waals surface area contributed by atoms with Crippen LogP contribution in [0.25, 0.3) is 0 Å². The molecule has 0 aliphatic heterocycles. The number of nitrogens with one attached hydrogen (secondary N) is 2. The number of anilines is 3. The van der Waals surface area contributed by atoms with Crippen molar-refractivity contribution in [2.24, 2.45) is 0 Å². The second kappa shape index (κ2) is 10.7. The van der Waals surface area contributed by atoms with E-state index in [0.29, 0.717) is 22.5 Å². The Kier molecular flexibility index (Phi) is 8.24. The summed E-state index contributed by atoms with van der Waals surface area (Å²) in [6.45, 7) is -0.816. The van der Waals surface area contributed by atoms with Crippen molar-refractivity contribution in [1.82, 2.24) is 0 Å².